The summed E-state index contributed by atoms with van der Waals surface area (Å²) in [4.78, 5) is 4.17. The zero-order chi connectivity index (χ0) is 13.5. The third-order valence-electron chi connectivity index (χ3n) is 3.97. The molecule has 0 fully saturated rings. The largest absolute Gasteiger partial charge is 0.294 e. The summed E-state index contributed by atoms with van der Waals surface area (Å²) >= 11 is 1.93. The van der Waals surface area contributed by atoms with Gasteiger partial charge in [0.2, 0.25) is 0 Å². The SMILES string of the molecule is CC(C)(C)N1CCc2scc(-c3ccccc3)c2C1. The van der Waals surface area contributed by atoms with E-state index in [0.717, 1.165) is 6.54 Å². The normalized spacial score (nSPS) is 16.4. The second-order valence-corrected chi connectivity index (χ2v) is 7.22. The van der Waals surface area contributed by atoms with Gasteiger partial charge in [0.1, 0.15) is 0 Å². The number of thiophene rings is 1. The smallest absolute Gasteiger partial charge is 0.0256 e. The standard InChI is InChI=1S/C17H21NS/c1-17(2,3)18-10-9-16-14(11-18)15(12-19-16)13-7-5-4-6-8-13/h4-8,12H,9-11H2,1-3H3. The Morgan fingerprint density at radius 1 is 1.11 bits per heavy atom. The third kappa shape index (κ3) is 2.47. The molecular formula is C17H21NS. The summed E-state index contributed by atoms with van der Waals surface area (Å²) in [5.41, 5.74) is 4.61. The van der Waals surface area contributed by atoms with Crippen LogP contribution in [0, 0.1) is 0 Å². The van der Waals surface area contributed by atoms with Crippen molar-refractivity contribution in [3.05, 3.63) is 46.2 Å². The van der Waals surface area contributed by atoms with E-state index in [1.807, 2.05) is 11.3 Å². The Morgan fingerprint density at radius 3 is 2.53 bits per heavy atom. The van der Waals surface area contributed by atoms with Gasteiger partial charge in [-0.15, -0.1) is 11.3 Å². The molecule has 100 valence electrons. The molecule has 19 heavy (non-hydrogen) atoms. The Morgan fingerprint density at radius 2 is 1.84 bits per heavy atom. The molecular weight excluding hydrogens is 250 g/mol. The summed E-state index contributed by atoms with van der Waals surface area (Å²) in [5, 5.41) is 2.34. The molecule has 1 aliphatic rings. The van der Waals surface area contributed by atoms with Crippen LogP contribution in [-0.4, -0.2) is 17.0 Å². The number of rotatable bonds is 1. The summed E-state index contributed by atoms with van der Waals surface area (Å²) < 4.78 is 0. The fraction of sp³-hybridized carbons (Fsp3) is 0.412. The Balaban J connectivity index is 1.98. The summed E-state index contributed by atoms with van der Waals surface area (Å²) in [5.74, 6) is 0. The van der Waals surface area contributed by atoms with Crippen LogP contribution >= 0.6 is 11.3 Å². The molecule has 1 nitrogen and oxygen atoms in total. The van der Waals surface area contributed by atoms with Crippen LogP contribution in [0.25, 0.3) is 11.1 Å². The highest BCUT2D eigenvalue weighted by Crippen LogP contribution is 2.36. The molecule has 0 radical (unpaired) electrons. The predicted octanol–water partition coefficient (Wildman–Crippen LogP) is 4.57. The number of hydrogen-bond donors (Lipinski definition) is 0. The molecule has 2 heteroatoms. The molecule has 2 heterocycles. The maximum atomic E-state index is 2.59. The van der Waals surface area contributed by atoms with Crippen molar-refractivity contribution in [2.24, 2.45) is 0 Å². The molecule has 0 atom stereocenters. The van der Waals surface area contributed by atoms with E-state index in [1.54, 1.807) is 10.4 Å². The maximum absolute atomic E-state index is 2.59. The lowest BCUT2D eigenvalue weighted by molar-refractivity contribution is 0.122. The van der Waals surface area contributed by atoms with Crippen molar-refractivity contribution in [3.8, 4) is 11.1 Å². The minimum absolute atomic E-state index is 0.258. The van der Waals surface area contributed by atoms with Crippen molar-refractivity contribution in [2.75, 3.05) is 6.54 Å². The number of hydrogen-bond acceptors (Lipinski definition) is 2. The van der Waals surface area contributed by atoms with Gasteiger partial charge in [0.15, 0.2) is 0 Å². The quantitative estimate of drug-likeness (QED) is 0.734. The van der Waals surface area contributed by atoms with Crippen molar-refractivity contribution < 1.29 is 0 Å². The average Bonchev–Trinajstić information content (AvgIpc) is 2.81. The van der Waals surface area contributed by atoms with Crippen LogP contribution in [0.3, 0.4) is 0 Å². The van der Waals surface area contributed by atoms with Crippen LogP contribution < -0.4 is 0 Å². The molecule has 0 saturated carbocycles. The van der Waals surface area contributed by atoms with Gasteiger partial charge in [0.05, 0.1) is 0 Å². The first-order valence-corrected chi connectivity index (χ1v) is 7.83. The van der Waals surface area contributed by atoms with Crippen molar-refractivity contribution >= 4 is 11.3 Å². The Labute approximate surface area is 119 Å². The molecule has 2 aromatic rings. The van der Waals surface area contributed by atoms with Gasteiger partial charge >= 0.3 is 0 Å². The summed E-state index contributed by atoms with van der Waals surface area (Å²) in [6.45, 7) is 9.21. The highest BCUT2D eigenvalue weighted by molar-refractivity contribution is 7.10. The molecule has 1 aliphatic heterocycles. The first-order valence-electron chi connectivity index (χ1n) is 6.95. The molecule has 0 bridgehead atoms. The second-order valence-electron chi connectivity index (χ2n) is 6.26. The van der Waals surface area contributed by atoms with Crippen LogP contribution in [0.5, 0.6) is 0 Å². The van der Waals surface area contributed by atoms with Gasteiger partial charge in [-0.05, 0) is 49.3 Å². The van der Waals surface area contributed by atoms with E-state index >= 15 is 0 Å². The first kappa shape index (κ1) is 12.9. The lowest BCUT2D eigenvalue weighted by Gasteiger charge is -2.38. The minimum atomic E-state index is 0.258. The third-order valence-corrected chi connectivity index (χ3v) is 5.06. The van der Waals surface area contributed by atoms with Gasteiger partial charge in [-0.1, -0.05) is 30.3 Å². The molecule has 1 aromatic carbocycles. The summed E-state index contributed by atoms with van der Waals surface area (Å²) in [6, 6.07) is 10.8. The van der Waals surface area contributed by atoms with E-state index in [-0.39, 0.29) is 5.54 Å². The van der Waals surface area contributed by atoms with Crippen LogP contribution in [0.15, 0.2) is 35.7 Å². The molecule has 3 rings (SSSR count). The van der Waals surface area contributed by atoms with E-state index in [4.69, 9.17) is 0 Å². The van der Waals surface area contributed by atoms with Gasteiger partial charge in [0.25, 0.3) is 0 Å². The van der Waals surface area contributed by atoms with Crippen molar-refractivity contribution in [3.63, 3.8) is 0 Å². The van der Waals surface area contributed by atoms with E-state index in [0.29, 0.717) is 0 Å². The summed E-state index contributed by atoms with van der Waals surface area (Å²) in [7, 11) is 0. The van der Waals surface area contributed by atoms with Gasteiger partial charge in [-0.2, -0.15) is 0 Å². The van der Waals surface area contributed by atoms with Gasteiger partial charge in [-0.25, -0.2) is 0 Å². The van der Waals surface area contributed by atoms with E-state index in [1.165, 1.54) is 24.1 Å². The second kappa shape index (κ2) is 4.77. The fourth-order valence-corrected chi connectivity index (χ4v) is 3.81. The number of benzene rings is 1. The van der Waals surface area contributed by atoms with E-state index in [9.17, 15) is 0 Å². The first-order chi connectivity index (χ1) is 9.05. The Bertz CT molecular complexity index is 563. The van der Waals surface area contributed by atoms with Crippen molar-refractivity contribution in [1.82, 2.24) is 4.90 Å². The topological polar surface area (TPSA) is 3.24 Å². The number of nitrogens with zero attached hydrogens (tertiary/aromatic N) is 1. The minimum Gasteiger partial charge on any atom is -0.294 e. The molecule has 0 saturated heterocycles. The zero-order valence-electron chi connectivity index (χ0n) is 11.9. The van der Waals surface area contributed by atoms with Crippen LogP contribution in [0.2, 0.25) is 0 Å². The van der Waals surface area contributed by atoms with Crippen molar-refractivity contribution in [1.29, 1.82) is 0 Å². The molecule has 0 amide bonds. The maximum Gasteiger partial charge on any atom is 0.0256 e. The average molecular weight is 271 g/mol. The van der Waals surface area contributed by atoms with E-state index < -0.39 is 0 Å². The molecule has 1 aromatic heterocycles. The summed E-state index contributed by atoms with van der Waals surface area (Å²) in [6.07, 6.45) is 1.20. The zero-order valence-corrected chi connectivity index (χ0v) is 12.8. The van der Waals surface area contributed by atoms with E-state index in [2.05, 4.69) is 61.4 Å². The fourth-order valence-electron chi connectivity index (χ4n) is 2.74. The lowest BCUT2D eigenvalue weighted by Crippen LogP contribution is -2.44. The van der Waals surface area contributed by atoms with Gasteiger partial charge < -0.3 is 0 Å². The molecule has 0 spiro atoms. The van der Waals surface area contributed by atoms with Crippen LogP contribution in [-0.2, 0) is 13.0 Å². The van der Waals surface area contributed by atoms with Crippen molar-refractivity contribution in [2.45, 2.75) is 39.3 Å². The molecule has 0 unspecified atom stereocenters. The molecule has 0 aliphatic carbocycles. The number of fused-ring (bicyclic) bond motifs is 1. The lowest BCUT2D eigenvalue weighted by atomic mass is 9.95. The monoisotopic (exact) mass is 271 g/mol. The Kier molecular flexibility index (Phi) is 3.23. The van der Waals surface area contributed by atoms with Crippen LogP contribution in [0.1, 0.15) is 31.2 Å². The molecule has 0 N–H and O–H groups in total. The van der Waals surface area contributed by atoms with Crippen LogP contribution in [0.4, 0.5) is 0 Å². The Hall–Kier alpha value is -1.12. The highest BCUT2D eigenvalue weighted by Gasteiger charge is 2.28. The van der Waals surface area contributed by atoms with Gasteiger partial charge in [-0.3, -0.25) is 4.90 Å². The van der Waals surface area contributed by atoms with Gasteiger partial charge in [0, 0.05) is 23.5 Å². The highest BCUT2D eigenvalue weighted by atomic mass is 32.1. The predicted molar refractivity (Wildman–Crippen MR) is 83.6 cm³/mol.